The summed E-state index contributed by atoms with van der Waals surface area (Å²) >= 11 is 0. The lowest BCUT2D eigenvalue weighted by Crippen LogP contribution is -2.27. The zero-order chi connectivity index (χ0) is 12.0. The molecule has 0 saturated carbocycles. The van der Waals surface area contributed by atoms with E-state index in [2.05, 4.69) is 16.8 Å². The standard InChI is InChI=1S/C13H16F2N2/c1-16-5-9-7-17(8-10(9)6-16)13-3-2-11(14)4-12(13)15/h2-4,9-10H,5-8H2,1H3/t9-,10+. The van der Waals surface area contributed by atoms with Crippen LogP contribution in [0, 0.1) is 23.5 Å². The van der Waals surface area contributed by atoms with Crippen molar-refractivity contribution >= 4 is 5.69 Å². The summed E-state index contributed by atoms with van der Waals surface area (Å²) < 4.78 is 26.5. The van der Waals surface area contributed by atoms with Gasteiger partial charge >= 0.3 is 0 Å². The molecule has 0 spiro atoms. The molecule has 4 heteroatoms. The molecule has 2 atom stereocenters. The second-order valence-electron chi connectivity index (χ2n) is 5.24. The van der Waals surface area contributed by atoms with Crippen molar-refractivity contribution in [2.75, 3.05) is 38.1 Å². The number of likely N-dealkylation sites (tertiary alicyclic amines) is 1. The van der Waals surface area contributed by atoms with Crippen LogP contribution in [0.25, 0.3) is 0 Å². The van der Waals surface area contributed by atoms with E-state index in [1.807, 2.05) is 0 Å². The minimum Gasteiger partial charge on any atom is -0.368 e. The molecule has 0 amide bonds. The Morgan fingerprint density at radius 3 is 2.29 bits per heavy atom. The Hall–Kier alpha value is -1.16. The number of hydrogen-bond acceptors (Lipinski definition) is 2. The molecule has 0 aliphatic carbocycles. The van der Waals surface area contributed by atoms with E-state index in [9.17, 15) is 8.78 Å². The summed E-state index contributed by atoms with van der Waals surface area (Å²) in [7, 11) is 2.13. The van der Waals surface area contributed by atoms with Gasteiger partial charge in [-0.05, 0) is 31.0 Å². The number of rotatable bonds is 1. The van der Waals surface area contributed by atoms with Crippen molar-refractivity contribution in [3.63, 3.8) is 0 Å². The zero-order valence-corrected chi connectivity index (χ0v) is 9.87. The molecular formula is C13H16F2N2. The lowest BCUT2D eigenvalue weighted by atomic mass is 10.0. The molecule has 17 heavy (non-hydrogen) atoms. The van der Waals surface area contributed by atoms with Gasteiger partial charge in [0.05, 0.1) is 5.69 Å². The first-order valence-corrected chi connectivity index (χ1v) is 6.02. The molecule has 1 aromatic rings. The summed E-state index contributed by atoms with van der Waals surface area (Å²) in [6, 6.07) is 3.85. The third-order valence-corrected chi connectivity index (χ3v) is 3.92. The number of benzene rings is 1. The fourth-order valence-electron chi connectivity index (χ4n) is 3.16. The fourth-order valence-corrected chi connectivity index (χ4v) is 3.16. The smallest absolute Gasteiger partial charge is 0.149 e. The van der Waals surface area contributed by atoms with E-state index in [0.29, 0.717) is 17.5 Å². The van der Waals surface area contributed by atoms with Crippen molar-refractivity contribution in [1.29, 1.82) is 0 Å². The molecule has 1 aromatic carbocycles. The maximum Gasteiger partial charge on any atom is 0.149 e. The van der Waals surface area contributed by atoms with E-state index in [4.69, 9.17) is 0 Å². The molecule has 2 heterocycles. The highest BCUT2D eigenvalue weighted by atomic mass is 19.1. The zero-order valence-electron chi connectivity index (χ0n) is 9.87. The fraction of sp³-hybridized carbons (Fsp3) is 0.538. The molecular weight excluding hydrogens is 222 g/mol. The van der Waals surface area contributed by atoms with Gasteiger partial charge in [-0.1, -0.05) is 0 Å². The van der Waals surface area contributed by atoms with Crippen molar-refractivity contribution < 1.29 is 8.78 Å². The van der Waals surface area contributed by atoms with Crippen LogP contribution in [-0.2, 0) is 0 Å². The Bertz CT molecular complexity index is 421. The normalized spacial score (nSPS) is 28.8. The maximum absolute atomic E-state index is 13.7. The lowest BCUT2D eigenvalue weighted by Gasteiger charge is -2.21. The number of anilines is 1. The first-order chi connectivity index (χ1) is 8.13. The molecule has 0 unspecified atom stereocenters. The van der Waals surface area contributed by atoms with E-state index in [-0.39, 0.29) is 0 Å². The third kappa shape index (κ3) is 1.90. The quantitative estimate of drug-likeness (QED) is 0.738. The van der Waals surface area contributed by atoms with Crippen molar-refractivity contribution in [2.24, 2.45) is 11.8 Å². The summed E-state index contributed by atoms with van der Waals surface area (Å²) in [5, 5.41) is 0. The maximum atomic E-state index is 13.7. The monoisotopic (exact) mass is 238 g/mol. The SMILES string of the molecule is CN1C[C@@H]2CN(c3ccc(F)cc3F)C[C@@H]2C1. The predicted octanol–water partition coefficient (Wildman–Crippen LogP) is 1.96. The minimum atomic E-state index is -0.509. The van der Waals surface area contributed by atoms with Crippen LogP contribution in [0.1, 0.15) is 0 Å². The first kappa shape index (κ1) is 11.0. The Labute approximate surface area is 99.8 Å². The van der Waals surface area contributed by atoms with Crippen LogP contribution in [0.3, 0.4) is 0 Å². The largest absolute Gasteiger partial charge is 0.368 e. The number of halogens is 2. The molecule has 92 valence electrons. The van der Waals surface area contributed by atoms with Crippen LogP contribution in [-0.4, -0.2) is 38.1 Å². The molecule has 0 N–H and O–H groups in total. The molecule has 2 aliphatic heterocycles. The second-order valence-corrected chi connectivity index (χ2v) is 5.24. The van der Waals surface area contributed by atoms with Crippen LogP contribution in [0.15, 0.2) is 18.2 Å². The van der Waals surface area contributed by atoms with Crippen LogP contribution in [0.2, 0.25) is 0 Å². The highest BCUT2D eigenvalue weighted by molar-refractivity contribution is 5.49. The van der Waals surface area contributed by atoms with E-state index in [0.717, 1.165) is 32.2 Å². The van der Waals surface area contributed by atoms with Gasteiger partial charge in [0.2, 0.25) is 0 Å². The van der Waals surface area contributed by atoms with E-state index in [1.54, 1.807) is 6.07 Å². The van der Waals surface area contributed by atoms with Gasteiger partial charge in [0, 0.05) is 32.2 Å². The summed E-state index contributed by atoms with van der Waals surface area (Å²) in [6.45, 7) is 3.95. The van der Waals surface area contributed by atoms with Gasteiger partial charge < -0.3 is 9.80 Å². The van der Waals surface area contributed by atoms with Gasteiger partial charge in [0.25, 0.3) is 0 Å². The minimum absolute atomic E-state index is 0.446. The Kier molecular flexibility index (Phi) is 2.54. The second kappa shape index (κ2) is 3.95. The average molecular weight is 238 g/mol. The van der Waals surface area contributed by atoms with Crippen LogP contribution in [0.5, 0.6) is 0 Å². The van der Waals surface area contributed by atoms with Gasteiger partial charge in [-0.2, -0.15) is 0 Å². The summed E-state index contributed by atoms with van der Waals surface area (Å²) in [5.41, 5.74) is 0.545. The molecule has 3 rings (SSSR count). The van der Waals surface area contributed by atoms with Crippen molar-refractivity contribution in [3.05, 3.63) is 29.8 Å². The third-order valence-electron chi connectivity index (χ3n) is 3.92. The van der Waals surface area contributed by atoms with Gasteiger partial charge in [0.15, 0.2) is 0 Å². The Balaban J connectivity index is 1.79. The highest BCUT2D eigenvalue weighted by Gasteiger charge is 2.39. The first-order valence-electron chi connectivity index (χ1n) is 6.02. The van der Waals surface area contributed by atoms with Crippen LogP contribution >= 0.6 is 0 Å². The average Bonchev–Trinajstić information content (AvgIpc) is 2.74. The van der Waals surface area contributed by atoms with Crippen LogP contribution < -0.4 is 4.90 Å². The van der Waals surface area contributed by atoms with Gasteiger partial charge in [-0.15, -0.1) is 0 Å². The molecule has 0 radical (unpaired) electrons. The van der Waals surface area contributed by atoms with Crippen LogP contribution in [0.4, 0.5) is 14.5 Å². The number of hydrogen-bond donors (Lipinski definition) is 0. The highest BCUT2D eigenvalue weighted by Crippen LogP contribution is 2.34. The van der Waals surface area contributed by atoms with E-state index < -0.39 is 11.6 Å². The Morgan fingerprint density at radius 1 is 1.06 bits per heavy atom. The number of fused-ring (bicyclic) bond motifs is 1. The lowest BCUT2D eigenvalue weighted by molar-refractivity contribution is 0.386. The van der Waals surface area contributed by atoms with Crippen molar-refractivity contribution in [2.45, 2.75) is 0 Å². The van der Waals surface area contributed by atoms with E-state index in [1.165, 1.54) is 6.07 Å². The molecule has 2 nitrogen and oxygen atoms in total. The molecule has 0 bridgehead atoms. The van der Waals surface area contributed by atoms with Crippen molar-refractivity contribution in [3.8, 4) is 0 Å². The van der Waals surface area contributed by atoms with Crippen molar-refractivity contribution in [1.82, 2.24) is 4.90 Å². The van der Waals surface area contributed by atoms with Gasteiger partial charge in [0.1, 0.15) is 11.6 Å². The topological polar surface area (TPSA) is 6.48 Å². The predicted molar refractivity (Wildman–Crippen MR) is 63.0 cm³/mol. The molecule has 2 aliphatic rings. The Morgan fingerprint density at radius 2 is 1.71 bits per heavy atom. The van der Waals surface area contributed by atoms with E-state index >= 15 is 0 Å². The molecule has 2 saturated heterocycles. The summed E-state index contributed by atoms with van der Waals surface area (Å²) in [4.78, 5) is 4.38. The molecule has 2 fully saturated rings. The van der Waals surface area contributed by atoms with Gasteiger partial charge in [-0.25, -0.2) is 8.78 Å². The van der Waals surface area contributed by atoms with Gasteiger partial charge in [-0.3, -0.25) is 0 Å². The molecule has 0 aromatic heterocycles. The summed E-state index contributed by atoms with van der Waals surface area (Å²) in [5.74, 6) is 0.303. The number of nitrogens with zero attached hydrogens (tertiary/aromatic N) is 2. The summed E-state index contributed by atoms with van der Waals surface area (Å²) in [6.07, 6.45) is 0.